The van der Waals surface area contributed by atoms with Gasteiger partial charge in [-0.2, -0.15) is 8.42 Å². The number of halogens is 2. The maximum absolute atomic E-state index is 14.5. The van der Waals surface area contributed by atoms with Crippen molar-refractivity contribution >= 4 is 10.0 Å². The van der Waals surface area contributed by atoms with E-state index in [4.69, 9.17) is 4.74 Å². The fraction of sp³-hybridized carbons (Fsp3) is 0.167. The van der Waals surface area contributed by atoms with Crippen molar-refractivity contribution in [1.29, 1.82) is 0 Å². The van der Waals surface area contributed by atoms with Crippen LogP contribution in [0.25, 0.3) is 11.3 Å². The first-order chi connectivity index (χ1) is 12.9. The van der Waals surface area contributed by atoms with Gasteiger partial charge in [-0.1, -0.05) is 6.07 Å². The number of aromatic nitrogens is 2. The summed E-state index contributed by atoms with van der Waals surface area (Å²) in [4.78, 5) is 3.89. The molecule has 0 saturated heterocycles. The smallest absolute Gasteiger partial charge is 0.285 e. The van der Waals surface area contributed by atoms with Gasteiger partial charge in [0, 0.05) is 36.1 Å². The van der Waals surface area contributed by atoms with Gasteiger partial charge in [0.2, 0.25) is 0 Å². The van der Waals surface area contributed by atoms with Crippen LogP contribution in [0.1, 0.15) is 5.56 Å². The highest BCUT2D eigenvalue weighted by Gasteiger charge is 2.29. The lowest BCUT2D eigenvalue weighted by molar-refractivity contribution is 0.411. The van der Waals surface area contributed by atoms with Gasteiger partial charge in [0.25, 0.3) is 10.0 Å². The van der Waals surface area contributed by atoms with Crippen LogP contribution in [0, 0.1) is 11.6 Å². The summed E-state index contributed by atoms with van der Waals surface area (Å²) >= 11 is 0. The summed E-state index contributed by atoms with van der Waals surface area (Å²) in [6, 6.07) is 7.38. The fourth-order valence-electron chi connectivity index (χ4n) is 2.77. The van der Waals surface area contributed by atoms with Crippen LogP contribution in [0.15, 0.2) is 53.8 Å². The molecule has 2 aromatic heterocycles. The van der Waals surface area contributed by atoms with Gasteiger partial charge in [0.15, 0.2) is 5.03 Å². The Morgan fingerprint density at radius 3 is 2.59 bits per heavy atom. The number of nitrogens with zero attached hydrogens (tertiary/aromatic N) is 2. The summed E-state index contributed by atoms with van der Waals surface area (Å²) in [5.74, 6) is -1.49. The molecule has 0 spiro atoms. The van der Waals surface area contributed by atoms with E-state index < -0.39 is 21.7 Å². The molecule has 0 unspecified atom stereocenters. The van der Waals surface area contributed by atoms with Crippen LogP contribution in [0.4, 0.5) is 8.78 Å². The first-order valence-electron chi connectivity index (χ1n) is 7.95. The lowest BCUT2D eigenvalue weighted by Crippen LogP contribution is -2.15. The maximum Gasteiger partial charge on any atom is 0.285 e. The molecule has 3 aromatic rings. The Balaban J connectivity index is 2.34. The Morgan fingerprint density at radius 2 is 2.00 bits per heavy atom. The van der Waals surface area contributed by atoms with E-state index in [0.29, 0.717) is 11.6 Å². The molecule has 142 valence electrons. The topological polar surface area (TPSA) is 73.2 Å². The van der Waals surface area contributed by atoms with Crippen molar-refractivity contribution in [2.75, 3.05) is 14.2 Å². The van der Waals surface area contributed by atoms with Crippen molar-refractivity contribution < 1.29 is 21.9 Å². The van der Waals surface area contributed by atoms with Gasteiger partial charge in [-0.15, -0.1) is 0 Å². The average molecular weight is 393 g/mol. The van der Waals surface area contributed by atoms with E-state index in [1.807, 2.05) is 0 Å². The summed E-state index contributed by atoms with van der Waals surface area (Å²) in [7, 11) is -1.10. The van der Waals surface area contributed by atoms with E-state index in [1.165, 1.54) is 37.7 Å². The predicted octanol–water partition coefficient (Wildman–Crippen LogP) is 2.79. The van der Waals surface area contributed by atoms with Crippen LogP contribution >= 0.6 is 0 Å². The van der Waals surface area contributed by atoms with E-state index in [-0.39, 0.29) is 28.6 Å². The SMILES string of the molecule is CNCc1cn(S(=O)(=O)c2ccccn2)c(-c2ccc(F)cc2F)c1OC. The first kappa shape index (κ1) is 19.0. The second-order valence-corrected chi connectivity index (χ2v) is 7.42. The number of methoxy groups -OCH3 is 1. The molecule has 0 atom stereocenters. The normalized spacial score (nSPS) is 11.6. The Kier molecular flexibility index (Phi) is 5.24. The van der Waals surface area contributed by atoms with Crippen LogP contribution in [0.3, 0.4) is 0 Å². The molecule has 0 radical (unpaired) electrons. The lowest BCUT2D eigenvalue weighted by atomic mass is 10.1. The fourth-order valence-corrected chi connectivity index (χ4v) is 4.11. The molecular formula is C18H17F2N3O3S. The van der Waals surface area contributed by atoms with Gasteiger partial charge >= 0.3 is 0 Å². The third-order valence-corrected chi connectivity index (χ3v) is 5.49. The number of ether oxygens (including phenoxy) is 1. The van der Waals surface area contributed by atoms with Crippen molar-refractivity contribution in [3.63, 3.8) is 0 Å². The second-order valence-electron chi connectivity index (χ2n) is 5.66. The molecule has 1 N–H and O–H groups in total. The molecule has 0 bridgehead atoms. The largest absolute Gasteiger partial charge is 0.494 e. The molecule has 9 heteroatoms. The maximum atomic E-state index is 14.5. The van der Waals surface area contributed by atoms with Crippen molar-refractivity contribution in [1.82, 2.24) is 14.3 Å². The zero-order valence-corrected chi connectivity index (χ0v) is 15.4. The molecule has 2 heterocycles. The van der Waals surface area contributed by atoms with Crippen LogP contribution in [0.2, 0.25) is 0 Å². The zero-order chi connectivity index (χ0) is 19.6. The van der Waals surface area contributed by atoms with Crippen LogP contribution in [-0.2, 0) is 16.6 Å². The molecule has 0 amide bonds. The first-order valence-corrected chi connectivity index (χ1v) is 9.39. The molecule has 6 nitrogen and oxygen atoms in total. The molecule has 27 heavy (non-hydrogen) atoms. The van der Waals surface area contributed by atoms with Crippen molar-refractivity contribution in [2.24, 2.45) is 0 Å². The van der Waals surface area contributed by atoms with Gasteiger partial charge in [-0.25, -0.2) is 17.7 Å². The minimum Gasteiger partial charge on any atom is -0.494 e. The Morgan fingerprint density at radius 1 is 1.22 bits per heavy atom. The summed E-state index contributed by atoms with van der Waals surface area (Å²) in [5.41, 5.74) is 0.360. The Labute approximate surface area is 155 Å². The van der Waals surface area contributed by atoms with Gasteiger partial charge in [-0.05, 0) is 31.3 Å². The number of pyridine rings is 1. The molecule has 0 aliphatic carbocycles. The van der Waals surface area contributed by atoms with Gasteiger partial charge in [-0.3, -0.25) is 0 Å². The predicted molar refractivity (Wildman–Crippen MR) is 95.9 cm³/mol. The zero-order valence-electron chi connectivity index (χ0n) is 14.6. The van der Waals surface area contributed by atoms with Crippen molar-refractivity contribution in [2.45, 2.75) is 11.6 Å². The number of rotatable bonds is 6. The van der Waals surface area contributed by atoms with E-state index in [0.717, 1.165) is 10.0 Å². The highest BCUT2D eigenvalue weighted by atomic mass is 32.2. The second kappa shape index (κ2) is 7.45. The molecule has 3 rings (SSSR count). The highest BCUT2D eigenvalue weighted by molar-refractivity contribution is 7.90. The Bertz CT molecular complexity index is 1070. The molecular weight excluding hydrogens is 376 g/mol. The number of hydrogen-bond acceptors (Lipinski definition) is 5. The minimum atomic E-state index is -4.14. The van der Waals surface area contributed by atoms with Gasteiger partial charge in [0.1, 0.15) is 23.1 Å². The minimum absolute atomic E-state index is 0.0362. The average Bonchev–Trinajstić information content (AvgIpc) is 3.01. The third kappa shape index (κ3) is 3.43. The monoisotopic (exact) mass is 393 g/mol. The summed E-state index contributed by atoms with van der Waals surface area (Å²) < 4.78 is 60.4. The van der Waals surface area contributed by atoms with Crippen molar-refractivity contribution in [3.05, 3.63) is 66.0 Å². The van der Waals surface area contributed by atoms with Crippen LogP contribution in [0.5, 0.6) is 5.75 Å². The summed E-state index contributed by atoms with van der Waals surface area (Å²) in [6.07, 6.45) is 2.69. The molecule has 0 aliphatic heterocycles. The van der Waals surface area contributed by atoms with E-state index in [9.17, 15) is 17.2 Å². The van der Waals surface area contributed by atoms with Gasteiger partial charge < -0.3 is 10.1 Å². The highest BCUT2D eigenvalue weighted by Crippen LogP contribution is 2.38. The van der Waals surface area contributed by atoms with Crippen molar-refractivity contribution in [3.8, 4) is 17.0 Å². The Hall–Kier alpha value is -2.78. The summed E-state index contributed by atoms with van der Waals surface area (Å²) in [5, 5.41) is 2.70. The van der Waals surface area contributed by atoms with Gasteiger partial charge in [0.05, 0.1) is 7.11 Å². The third-order valence-electron chi connectivity index (χ3n) is 3.92. The van der Waals surface area contributed by atoms with E-state index in [2.05, 4.69) is 10.3 Å². The van der Waals surface area contributed by atoms with E-state index >= 15 is 0 Å². The lowest BCUT2D eigenvalue weighted by Gasteiger charge is -2.12. The summed E-state index contributed by atoms with van der Waals surface area (Å²) in [6.45, 7) is 0.281. The number of benzene rings is 1. The number of hydrogen-bond donors (Lipinski definition) is 1. The standard InChI is InChI=1S/C18H17F2N3O3S/c1-21-10-12-11-23(27(24,25)16-5-3-4-8-22-16)17(18(12)26-2)14-7-6-13(19)9-15(14)20/h3-9,11,21H,10H2,1-2H3. The molecule has 0 aliphatic rings. The molecule has 0 saturated carbocycles. The van der Waals surface area contributed by atoms with Crippen LogP contribution < -0.4 is 10.1 Å². The molecule has 0 fully saturated rings. The van der Waals surface area contributed by atoms with Crippen LogP contribution in [-0.4, -0.2) is 31.5 Å². The van der Waals surface area contributed by atoms with E-state index in [1.54, 1.807) is 13.1 Å². The molecule has 1 aromatic carbocycles. The number of nitrogens with one attached hydrogen (secondary N) is 1. The quantitative estimate of drug-likeness (QED) is 0.697.